The largest absolute Gasteiger partial charge is 0.481 e. The number of carboxylic acids is 1. The fourth-order valence-corrected chi connectivity index (χ4v) is 4.44. The fraction of sp³-hybridized carbons (Fsp3) is 0.857. The van der Waals surface area contributed by atoms with Crippen molar-refractivity contribution in [2.24, 2.45) is 23.7 Å². The lowest BCUT2D eigenvalue weighted by molar-refractivity contribution is -0.146. The van der Waals surface area contributed by atoms with E-state index >= 15 is 0 Å². The van der Waals surface area contributed by atoms with E-state index < -0.39 is 11.9 Å². The summed E-state index contributed by atoms with van der Waals surface area (Å²) in [4.78, 5) is 23.5. The Morgan fingerprint density at radius 1 is 1.26 bits per heavy atom. The summed E-state index contributed by atoms with van der Waals surface area (Å²) in [6.45, 7) is 2.78. The molecular weight excluding hydrogens is 262 g/mol. The topological polar surface area (TPSA) is 66.4 Å². The van der Waals surface area contributed by atoms with Gasteiger partial charge in [0.15, 0.2) is 0 Å². The first kappa shape index (κ1) is 14.7. The second-order valence-electron chi connectivity index (χ2n) is 5.77. The molecule has 1 heterocycles. The predicted molar refractivity (Wildman–Crippen MR) is 76.1 cm³/mol. The van der Waals surface area contributed by atoms with Gasteiger partial charge in [0.1, 0.15) is 0 Å². The smallest absolute Gasteiger partial charge is 0.307 e. The molecule has 4 atom stereocenters. The average Bonchev–Trinajstić information content (AvgIpc) is 3.04. The molecule has 0 spiro atoms. The molecule has 0 aromatic heterocycles. The van der Waals surface area contributed by atoms with Crippen molar-refractivity contribution in [3.05, 3.63) is 0 Å². The molecule has 0 bridgehead atoms. The van der Waals surface area contributed by atoms with Crippen LogP contribution in [0, 0.1) is 23.7 Å². The summed E-state index contributed by atoms with van der Waals surface area (Å²) in [5.41, 5.74) is 0. The minimum absolute atomic E-state index is 0.0414. The Balaban J connectivity index is 1.87. The number of thioether (sulfide) groups is 1. The summed E-state index contributed by atoms with van der Waals surface area (Å²) in [6, 6.07) is 0. The number of nitrogens with one attached hydrogen (secondary N) is 1. The van der Waals surface area contributed by atoms with Gasteiger partial charge in [-0.05, 0) is 42.6 Å². The lowest BCUT2D eigenvalue weighted by atomic mass is 9.95. The van der Waals surface area contributed by atoms with Gasteiger partial charge in [0, 0.05) is 6.54 Å². The summed E-state index contributed by atoms with van der Waals surface area (Å²) in [5.74, 6) is 1.59. The molecule has 2 N–H and O–H groups in total. The van der Waals surface area contributed by atoms with Crippen molar-refractivity contribution < 1.29 is 14.7 Å². The number of hydrogen-bond acceptors (Lipinski definition) is 3. The summed E-state index contributed by atoms with van der Waals surface area (Å²) in [5, 5.41) is 12.2. The monoisotopic (exact) mass is 285 g/mol. The molecule has 4 unspecified atom stereocenters. The normalized spacial score (nSPS) is 34.4. The van der Waals surface area contributed by atoms with Crippen LogP contribution in [0.5, 0.6) is 0 Å². The molecule has 0 aromatic rings. The third-order valence-electron chi connectivity index (χ3n) is 4.48. The van der Waals surface area contributed by atoms with Crippen LogP contribution in [0.2, 0.25) is 0 Å². The number of aliphatic carboxylic acids is 1. The Bertz CT molecular complexity index is 342. The number of hydrogen-bond donors (Lipinski definition) is 2. The molecule has 2 aliphatic rings. The van der Waals surface area contributed by atoms with Gasteiger partial charge in [0.05, 0.1) is 11.8 Å². The van der Waals surface area contributed by atoms with Crippen LogP contribution in [0.1, 0.15) is 32.6 Å². The van der Waals surface area contributed by atoms with Crippen LogP contribution in [-0.2, 0) is 9.59 Å². The maximum Gasteiger partial charge on any atom is 0.307 e. The number of carboxylic acid groups (broad SMARTS) is 1. The molecule has 1 amide bonds. The van der Waals surface area contributed by atoms with Crippen LogP contribution < -0.4 is 5.32 Å². The molecule has 1 saturated heterocycles. The van der Waals surface area contributed by atoms with Gasteiger partial charge in [0.25, 0.3) is 0 Å². The molecule has 19 heavy (non-hydrogen) atoms. The van der Waals surface area contributed by atoms with E-state index in [2.05, 4.69) is 12.2 Å². The van der Waals surface area contributed by atoms with Crippen molar-refractivity contribution >= 4 is 23.6 Å². The molecule has 4 nitrogen and oxygen atoms in total. The van der Waals surface area contributed by atoms with Crippen LogP contribution >= 0.6 is 11.8 Å². The lowest BCUT2D eigenvalue weighted by Gasteiger charge is -2.17. The van der Waals surface area contributed by atoms with E-state index in [9.17, 15) is 14.7 Å². The molecule has 1 aliphatic carbocycles. The Morgan fingerprint density at radius 2 is 2.00 bits per heavy atom. The van der Waals surface area contributed by atoms with Crippen molar-refractivity contribution in [3.8, 4) is 0 Å². The van der Waals surface area contributed by atoms with E-state index in [-0.39, 0.29) is 11.8 Å². The first-order valence-corrected chi connectivity index (χ1v) is 8.35. The minimum atomic E-state index is -0.812. The summed E-state index contributed by atoms with van der Waals surface area (Å²) in [7, 11) is 0. The van der Waals surface area contributed by atoms with Crippen molar-refractivity contribution in [2.45, 2.75) is 32.6 Å². The van der Waals surface area contributed by atoms with Gasteiger partial charge < -0.3 is 10.4 Å². The number of carbonyl (C=O) groups is 2. The van der Waals surface area contributed by atoms with Gasteiger partial charge in [-0.1, -0.05) is 13.3 Å². The van der Waals surface area contributed by atoms with Gasteiger partial charge in [0.2, 0.25) is 5.91 Å². The molecule has 1 saturated carbocycles. The average molecular weight is 285 g/mol. The standard InChI is InChI=1S/C14H23NO3S/c1-2-9-5-11(12(6-9)14(17)18)13(16)15-7-10-3-4-19-8-10/h9-12H,2-8H2,1H3,(H,15,16)(H,17,18). The molecular formula is C14H23NO3S. The predicted octanol–water partition coefficient (Wildman–Crippen LogP) is 1.99. The van der Waals surface area contributed by atoms with Crippen LogP contribution in [0.4, 0.5) is 0 Å². The minimum Gasteiger partial charge on any atom is -0.481 e. The maximum atomic E-state index is 12.2. The van der Waals surface area contributed by atoms with E-state index in [1.165, 1.54) is 5.75 Å². The van der Waals surface area contributed by atoms with Crippen LogP contribution in [-0.4, -0.2) is 35.0 Å². The molecule has 0 aromatic carbocycles. The first-order chi connectivity index (χ1) is 9.11. The van der Waals surface area contributed by atoms with Crippen molar-refractivity contribution in [3.63, 3.8) is 0 Å². The highest BCUT2D eigenvalue weighted by Crippen LogP contribution is 2.38. The third kappa shape index (κ3) is 3.65. The summed E-state index contributed by atoms with van der Waals surface area (Å²) in [6.07, 6.45) is 3.52. The lowest BCUT2D eigenvalue weighted by Crippen LogP contribution is -2.37. The maximum absolute atomic E-state index is 12.2. The second-order valence-corrected chi connectivity index (χ2v) is 6.92. The molecule has 5 heteroatoms. The van der Waals surface area contributed by atoms with Crippen LogP contribution in [0.3, 0.4) is 0 Å². The van der Waals surface area contributed by atoms with Crippen molar-refractivity contribution in [1.82, 2.24) is 5.32 Å². The van der Waals surface area contributed by atoms with Gasteiger partial charge in [-0.3, -0.25) is 9.59 Å². The molecule has 0 radical (unpaired) electrons. The third-order valence-corrected chi connectivity index (χ3v) is 5.71. The van der Waals surface area contributed by atoms with Gasteiger partial charge in [-0.15, -0.1) is 0 Å². The summed E-state index contributed by atoms with van der Waals surface area (Å²) >= 11 is 1.93. The van der Waals surface area contributed by atoms with E-state index in [1.54, 1.807) is 0 Å². The zero-order chi connectivity index (χ0) is 13.8. The van der Waals surface area contributed by atoms with E-state index in [4.69, 9.17) is 0 Å². The molecule has 2 rings (SSSR count). The number of rotatable bonds is 5. The van der Waals surface area contributed by atoms with Gasteiger partial charge >= 0.3 is 5.97 Å². The Labute approximate surface area is 118 Å². The zero-order valence-electron chi connectivity index (χ0n) is 11.4. The van der Waals surface area contributed by atoms with Crippen molar-refractivity contribution in [1.29, 1.82) is 0 Å². The van der Waals surface area contributed by atoms with E-state index in [0.29, 0.717) is 24.8 Å². The number of amides is 1. The Kier molecular flexibility index (Phi) is 5.13. The van der Waals surface area contributed by atoms with Gasteiger partial charge in [-0.25, -0.2) is 0 Å². The highest BCUT2D eigenvalue weighted by Gasteiger charge is 2.42. The molecule has 2 fully saturated rings. The molecule has 108 valence electrons. The first-order valence-electron chi connectivity index (χ1n) is 7.20. The van der Waals surface area contributed by atoms with E-state index in [1.807, 2.05) is 11.8 Å². The highest BCUT2D eigenvalue weighted by atomic mass is 32.2. The number of carbonyl (C=O) groups excluding carboxylic acids is 1. The zero-order valence-corrected chi connectivity index (χ0v) is 12.2. The van der Waals surface area contributed by atoms with Crippen LogP contribution in [0.25, 0.3) is 0 Å². The Morgan fingerprint density at radius 3 is 2.58 bits per heavy atom. The second kappa shape index (κ2) is 6.64. The van der Waals surface area contributed by atoms with Crippen molar-refractivity contribution in [2.75, 3.05) is 18.1 Å². The van der Waals surface area contributed by atoms with E-state index in [0.717, 1.165) is 25.0 Å². The summed E-state index contributed by atoms with van der Waals surface area (Å²) < 4.78 is 0. The quantitative estimate of drug-likeness (QED) is 0.811. The van der Waals surface area contributed by atoms with Gasteiger partial charge in [-0.2, -0.15) is 11.8 Å². The highest BCUT2D eigenvalue weighted by molar-refractivity contribution is 7.99. The fourth-order valence-electron chi connectivity index (χ4n) is 3.16. The SMILES string of the molecule is CCC1CC(C(=O)O)C(C(=O)NCC2CCSC2)C1. The molecule has 1 aliphatic heterocycles. The van der Waals surface area contributed by atoms with Crippen LogP contribution in [0.15, 0.2) is 0 Å². The Hall–Kier alpha value is -0.710.